The molecule has 1 heterocycles. The first-order valence-electron chi connectivity index (χ1n) is 6.12. The van der Waals surface area contributed by atoms with E-state index in [4.69, 9.17) is 10.5 Å². The molecule has 0 radical (unpaired) electrons. The van der Waals surface area contributed by atoms with E-state index in [1.807, 2.05) is 13.8 Å². The van der Waals surface area contributed by atoms with Crippen molar-refractivity contribution in [2.45, 2.75) is 19.8 Å². The van der Waals surface area contributed by atoms with Crippen LogP contribution < -0.4 is 10.5 Å². The van der Waals surface area contributed by atoms with Gasteiger partial charge in [-0.3, -0.25) is 4.68 Å². The lowest BCUT2D eigenvalue weighted by atomic mass is 9.98. The van der Waals surface area contributed by atoms with Crippen molar-refractivity contribution >= 4 is 5.82 Å². The number of nitrogens with zero attached hydrogens (tertiary/aromatic N) is 2. The molecule has 2 N–H and O–H groups in total. The highest BCUT2D eigenvalue weighted by Gasteiger charge is 2.20. The molecule has 0 saturated heterocycles. The van der Waals surface area contributed by atoms with Crippen molar-refractivity contribution in [2.24, 2.45) is 7.05 Å². The lowest BCUT2D eigenvalue weighted by Gasteiger charge is -2.08. The Labute approximate surface area is 112 Å². The normalized spacial score (nSPS) is 11.1. The Morgan fingerprint density at radius 3 is 2.58 bits per heavy atom. The van der Waals surface area contributed by atoms with Gasteiger partial charge in [-0.2, -0.15) is 5.10 Å². The van der Waals surface area contributed by atoms with Gasteiger partial charge in [-0.05, 0) is 18.1 Å². The van der Waals surface area contributed by atoms with E-state index in [0.29, 0.717) is 22.8 Å². The molecule has 0 aliphatic carbocycles. The van der Waals surface area contributed by atoms with E-state index < -0.39 is 0 Å². The average molecular weight is 263 g/mol. The number of rotatable bonds is 3. The Balaban J connectivity index is 2.62. The van der Waals surface area contributed by atoms with Crippen molar-refractivity contribution in [3.8, 4) is 17.0 Å². The summed E-state index contributed by atoms with van der Waals surface area (Å²) in [5.41, 5.74) is 7.90. The van der Waals surface area contributed by atoms with Crippen LogP contribution in [0.1, 0.15) is 25.3 Å². The molecular formula is C14H18FN3O. The van der Waals surface area contributed by atoms with Gasteiger partial charge in [0.15, 0.2) is 0 Å². The molecule has 19 heavy (non-hydrogen) atoms. The maximum Gasteiger partial charge on any atom is 0.136 e. The minimum atomic E-state index is -0.362. The Bertz CT molecular complexity index is 605. The van der Waals surface area contributed by atoms with Gasteiger partial charge in [-0.15, -0.1) is 0 Å². The Kier molecular flexibility index (Phi) is 3.46. The topological polar surface area (TPSA) is 53.1 Å². The van der Waals surface area contributed by atoms with Crippen molar-refractivity contribution in [2.75, 3.05) is 12.8 Å². The predicted octanol–water partition coefficient (Wildman–Crippen LogP) is 2.94. The summed E-state index contributed by atoms with van der Waals surface area (Å²) in [6.07, 6.45) is 0. The standard InChI is InChI=1S/C14H18FN3O/c1-8(2)12-13(17-18(3)14(12)16)10-6-5-9(19-4)7-11(10)15/h5-8H,16H2,1-4H3. The second-order valence-electron chi connectivity index (χ2n) is 4.77. The van der Waals surface area contributed by atoms with Crippen LogP contribution in [0.4, 0.5) is 10.2 Å². The fraction of sp³-hybridized carbons (Fsp3) is 0.357. The summed E-state index contributed by atoms with van der Waals surface area (Å²) in [6, 6.07) is 4.74. The summed E-state index contributed by atoms with van der Waals surface area (Å²) in [5.74, 6) is 0.862. The maximum absolute atomic E-state index is 14.1. The largest absolute Gasteiger partial charge is 0.497 e. The SMILES string of the molecule is COc1ccc(-c2nn(C)c(N)c2C(C)C)c(F)c1. The molecule has 0 spiro atoms. The minimum absolute atomic E-state index is 0.171. The Hall–Kier alpha value is -2.04. The van der Waals surface area contributed by atoms with Gasteiger partial charge in [-0.25, -0.2) is 4.39 Å². The second kappa shape index (κ2) is 4.91. The molecule has 0 fully saturated rings. The number of nitrogens with two attached hydrogens (primary N) is 1. The molecule has 2 rings (SSSR count). The highest BCUT2D eigenvalue weighted by Crippen LogP contribution is 2.34. The zero-order valence-electron chi connectivity index (χ0n) is 11.6. The number of aromatic nitrogens is 2. The van der Waals surface area contributed by atoms with Crippen LogP contribution in [0.25, 0.3) is 11.3 Å². The second-order valence-corrected chi connectivity index (χ2v) is 4.77. The Morgan fingerprint density at radius 1 is 1.37 bits per heavy atom. The molecule has 0 aliphatic heterocycles. The first-order valence-corrected chi connectivity index (χ1v) is 6.12. The molecular weight excluding hydrogens is 245 g/mol. The van der Waals surface area contributed by atoms with Gasteiger partial charge >= 0.3 is 0 Å². The molecule has 0 unspecified atom stereocenters. The van der Waals surface area contributed by atoms with Crippen LogP contribution in [-0.2, 0) is 7.05 Å². The first kappa shape index (κ1) is 13.4. The van der Waals surface area contributed by atoms with Crippen molar-refractivity contribution in [1.82, 2.24) is 9.78 Å². The summed E-state index contributed by atoms with van der Waals surface area (Å²) in [7, 11) is 3.26. The average Bonchev–Trinajstić information content (AvgIpc) is 2.65. The highest BCUT2D eigenvalue weighted by atomic mass is 19.1. The first-order chi connectivity index (χ1) is 8.95. The fourth-order valence-corrected chi connectivity index (χ4v) is 2.14. The zero-order valence-corrected chi connectivity index (χ0v) is 11.6. The van der Waals surface area contributed by atoms with Gasteiger partial charge in [0.2, 0.25) is 0 Å². The van der Waals surface area contributed by atoms with E-state index in [1.54, 1.807) is 23.9 Å². The lowest BCUT2D eigenvalue weighted by molar-refractivity contribution is 0.411. The number of methoxy groups -OCH3 is 1. The molecule has 1 aromatic carbocycles. The molecule has 0 amide bonds. The number of benzene rings is 1. The number of hydrogen-bond acceptors (Lipinski definition) is 3. The van der Waals surface area contributed by atoms with Crippen LogP contribution in [0.15, 0.2) is 18.2 Å². The summed E-state index contributed by atoms with van der Waals surface area (Å²) < 4.78 is 20.7. The molecule has 4 nitrogen and oxygen atoms in total. The zero-order chi connectivity index (χ0) is 14.2. The summed E-state index contributed by atoms with van der Waals surface area (Å²) in [5, 5.41) is 4.33. The third-order valence-corrected chi connectivity index (χ3v) is 3.14. The summed E-state index contributed by atoms with van der Waals surface area (Å²) in [6.45, 7) is 4.02. The molecule has 0 bridgehead atoms. The molecule has 1 aromatic heterocycles. The van der Waals surface area contributed by atoms with Crippen molar-refractivity contribution in [3.63, 3.8) is 0 Å². The van der Waals surface area contributed by atoms with Crippen molar-refractivity contribution in [3.05, 3.63) is 29.6 Å². The van der Waals surface area contributed by atoms with Gasteiger partial charge in [0, 0.05) is 24.2 Å². The highest BCUT2D eigenvalue weighted by molar-refractivity contribution is 5.70. The molecule has 0 aliphatic rings. The van der Waals surface area contributed by atoms with Gasteiger partial charge in [0.1, 0.15) is 23.1 Å². The molecule has 0 saturated carbocycles. The molecule has 5 heteroatoms. The minimum Gasteiger partial charge on any atom is -0.497 e. The molecule has 0 atom stereocenters. The number of nitrogen functional groups attached to an aromatic ring is 1. The number of ether oxygens (including phenoxy) is 1. The third-order valence-electron chi connectivity index (χ3n) is 3.14. The number of hydrogen-bond donors (Lipinski definition) is 1. The van der Waals surface area contributed by atoms with E-state index in [1.165, 1.54) is 13.2 Å². The van der Waals surface area contributed by atoms with Crippen LogP contribution in [-0.4, -0.2) is 16.9 Å². The number of anilines is 1. The quantitative estimate of drug-likeness (QED) is 0.926. The van der Waals surface area contributed by atoms with Gasteiger partial charge in [0.05, 0.1) is 7.11 Å². The van der Waals surface area contributed by atoms with Crippen LogP contribution in [0.2, 0.25) is 0 Å². The molecule has 102 valence electrons. The molecule has 2 aromatic rings. The smallest absolute Gasteiger partial charge is 0.136 e. The third kappa shape index (κ3) is 2.28. The fourth-order valence-electron chi connectivity index (χ4n) is 2.14. The summed E-state index contributed by atoms with van der Waals surface area (Å²) in [4.78, 5) is 0. The van der Waals surface area contributed by atoms with Crippen LogP contribution in [0.3, 0.4) is 0 Å². The van der Waals surface area contributed by atoms with E-state index in [2.05, 4.69) is 5.10 Å². The van der Waals surface area contributed by atoms with E-state index in [-0.39, 0.29) is 11.7 Å². The van der Waals surface area contributed by atoms with E-state index in [9.17, 15) is 4.39 Å². The van der Waals surface area contributed by atoms with Crippen LogP contribution in [0, 0.1) is 5.82 Å². The number of aryl methyl sites for hydroxylation is 1. The van der Waals surface area contributed by atoms with E-state index in [0.717, 1.165) is 5.56 Å². The lowest BCUT2D eigenvalue weighted by Crippen LogP contribution is -2.00. The van der Waals surface area contributed by atoms with Crippen molar-refractivity contribution < 1.29 is 9.13 Å². The van der Waals surface area contributed by atoms with Gasteiger partial charge in [0.25, 0.3) is 0 Å². The van der Waals surface area contributed by atoms with Gasteiger partial charge in [-0.1, -0.05) is 13.8 Å². The number of halogens is 1. The summed E-state index contributed by atoms with van der Waals surface area (Å²) >= 11 is 0. The monoisotopic (exact) mass is 263 g/mol. The Morgan fingerprint density at radius 2 is 2.05 bits per heavy atom. The van der Waals surface area contributed by atoms with Gasteiger partial charge < -0.3 is 10.5 Å². The van der Waals surface area contributed by atoms with Crippen LogP contribution >= 0.6 is 0 Å². The predicted molar refractivity (Wildman–Crippen MR) is 73.7 cm³/mol. The van der Waals surface area contributed by atoms with Crippen molar-refractivity contribution in [1.29, 1.82) is 0 Å². The van der Waals surface area contributed by atoms with Crippen LogP contribution in [0.5, 0.6) is 5.75 Å². The van der Waals surface area contributed by atoms with E-state index >= 15 is 0 Å². The maximum atomic E-state index is 14.1.